The average molecular weight is 271 g/mol. The largest absolute Gasteiger partial charge is 0.573 e. The number of alkyl halides is 3. The summed E-state index contributed by atoms with van der Waals surface area (Å²) < 4.78 is 39.7. The van der Waals surface area contributed by atoms with Crippen LogP contribution < -0.4 is 10.1 Å². The number of imidazole rings is 1. The van der Waals surface area contributed by atoms with Gasteiger partial charge in [-0.3, -0.25) is 0 Å². The molecule has 2 rings (SSSR count). The summed E-state index contributed by atoms with van der Waals surface area (Å²) in [7, 11) is 0. The fourth-order valence-electron chi connectivity index (χ4n) is 1.53. The number of hydrogen-bond donors (Lipinski definition) is 2. The fraction of sp³-hybridized carbons (Fsp3) is 0.250. The first-order valence-electron chi connectivity index (χ1n) is 5.52. The third-order valence-corrected chi connectivity index (χ3v) is 2.33. The maximum atomic E-state index is 12.0. The van der Waals surface area contributed by atoms with Crippen molar-refractivity contribution in [3.05, 3.63) is 42.0 Å². The molecule has 1 heterocycles. The second-order valence-electron chi connectivity index (χ2n) is 3.92. The van der Waals surface area contributed by atoms with Crippen LogP contribution in [-0.2, 0) is 6.54 Å². The van der Waals surface area contributed by atoms with E-state index in [0.29, 0.717) is 12.2 Å². The molecule has 1 aromatic heterocycles. The number of benzene rings is 1. The molecule has 0 aliphatic carbocycles. The fourth-order valence-corrected chi connectivity index (χ4v) is 1.53. The molecule has 0 amide bonds. The van der Waals surface area contributed by atoms with E-state index in [2.05, 4.69) is 20.0 Å². The van der Waals surface area contributed by atoms with Crippen molar-refractivity contribution in [2.75, 3.05) is 5.32 Å². The van der Waals surface area contributed by atoms with Crippen molar-refractivity contribution < 1.29 is 17.9 Å². The standard InChI is InChI=1S/C12H12F3N3O/c1-8-16-6-10(18-8)7-17-9-2-4-11(5-3-9)19-12(13,14)15/h2-6,17H,7H2,1H3,(H,16,18). The Morgan fingerprint density at radius 1 is 1.26 bits per heavy atom. The quantitative estimate of drug-likeness (QED) is 0.897. The lowest BCUT2D eigenvalue weighted by atomic mass is 10.3. The Labute approximate surface area is 107 Å². The molecule has 0 saturated carbocycles. The van der Waals surface area contributed by atoms with Gasteiger partial charge in [0, 0.05) is 5.69 Å². The first-order chi connectivity index (χ1) is 8.92. The van der Waals surface area contributed by atoms with Crippen LogP contribution in [0.15, 0.2) is 30.5 Å². The van der Waals surface area contributed by atoms with Gasteiger partial charge >= 0.3 is 6.36 Å². The molecule has 0 aliphatic rings. The normalized spacial score (nSPS) is 11.4. The number of aromatic amines is 1. The SMILES string of the molecule is Cc1ncc(CNc2ccc(OC(F)(F)F)cc2)[nH]1. The highest BCUT2D eigenvalue weighted by Crippen LogP contribution is 2.24. The molecule has 2 aromatic rings. The molecule has 0 bridgehead atoms. The Kier molecular flexibility index (Phi) is 3.64. The van der Waals surface area contributed by atoms with Gasteiger partial charge in [0.2, 0.25) is 0 Å². The molecule has 0 spiro atoms. The topological polar surface area (TPSA) is 49.9 Å². The van der Waals surface area contributed by atoms with Gasteiger partial charge in [0.15, 0.2) is 0 Å². The highest BCUT2D eigenvalue weighted by Gasteiger charge is 2.30. The summed E-state index contributed by atoms with van der Waals surface area (Å²) in [6.45, 7) is 2.35. The van der Waals surface area contributed by atoms with Crippen LogP contribution in [0.4, 0.5) is 18.9 Å². The summed E-state index contributed by atoms with van der Waals surface area (Å²) in [5, 5.41) is 3.06. The first kappa shape index (κ1) is 13.3. The number of nitrogens with zero attached hydrogens (tertiary/aromatic N) is 1. The van der Waals surface area contributed by atoms with Crippen LogP contribution in [0.3, 0.4) is 0 Å². The number of nitrogens with one attached hydrogen (secondary N) is 2. The Morgan fingerprint density at radius 3 is 2.47 bits per heavy atom. The zero-order valence-corrected chi connectivity index (χ0v) is 10.1. The molecule has 0 saturated heterocycles. The number of anilines is 1. The van der Waals surface area contributed by atoms with E-state index in [1.807, 2.05) is 6.92 Å². The number of rotatable bonds is 4. The molecule has 7 heteroatoms. The molecule has 0 unspecified atom stereocenters. The van der Waals surface area contributed by atoms with E-state index < -0.39 is 6.36 Å². The van der Waals surface area contributed by atoms with Crippen LogP contribution in [0, 0.1) is 6.92 Å². The molecule has 1 aromatic carbocycles. The zero-order valence-electron chi connectivity index (χ0n) is 10.1. The summed E-state index contributed by atoms with van der Waals surface area (Å²) in [6, 6.07) is 5.55. The maximum Gasteiger partial charge on any atom is 0.573 e. The van der Waals surface area contributed by atoms with Crippen molar-refractivity contribution in [3.8, 4) is 5.75 Å². The van der Waals surface area contributed by atoms with Crippen molar-refractivity contribution in [3.63, 3.8) is 0 Å². The predicted molar refractivity (Wildman–Crippen MR) is 63.8 cm³/mol. The van der Waals surface area contributed by atoms with Crippen LogP contribution in [0.25, 0.3) is 0 Å². The Morgan fingerprint density at radius 2 is 1.95 bits per heavy atom. The number of aromatic nitrogens is 2. The van der Waals surface area contributed by atoms with Crippen LogP contribution >= 0.6 is 0 Å². The van der Waals surface area contributed by atoms with E-state index in [9.17, 15) is 13.2 Å². The average Bonchev–Trinajstić information content (AvgIpc) is 2.72. The van der Waals surface area contributed by atoms with E-state index >= 15 is 0 Å². The van der Waals surface area contributed by atoms with Gasteiger partial charge in [0.1, 0.15) is 11.6 Å². The Hall–Kier alpha value is -2.18. The highest BCUT2D eigenvalue weighted by atomic mass is 19.4. The lowest BCUT2D eigenvalue weighted by molar-refractivity contribution is -0.274. The van der Waals surface area contributed by atoms with Gasteiger partial charge in [-0.25, -0.2) is 4.98 Å². The third-order valence-electron chi connectivity index (χ3n) is 2.33. The van der Waals surface area contributed by atoms with Crippen molar-refractivity contribution in [2.24, 2.45) is 0 Å². The smallest absolute Gasteiger partial charge is 0.406 e. The Bertz CT molecular complexity index is 534. The second-order valence-corrected chi connectivity index (χ2v) is 3.92. The summed E-state index contributed by atoms with van der Waals surface area (Å²) in [4.78, 5) is 7.08. The van der Waals surface area contributed by atoms with Gasteiger partial charge in [0.25, 0.3) is 0 Å². The number of hydrogen-bond acceptors (Lipinski definition) is 3. The van der Waals surface area contributed by atoms with Gasteiger partial charge in [-0.15, -0.1) is 13.2 Å². The third kappa shape index (κ3) is 4.20. The minimum Gasteiger partial charge on any atom is -0.406 e. The maximum absolute atomic E-state index is 12.0. The zero-order chi connectivity index (χ0) is 13.9. The number of H-pyrrole nitrogens is 1. The van der Waals surface area contributed by atoms with Crippen molar-refractivity contribution in [2.45, 2.75) is 19.8 Å². The van der Waals surface area contributed by atoms with Crippen molar-refractivity contribution >= 4 is 5.69 Å². The van der Waals surface area contributed by atoms with Crippen molar-refractivity contribution in [1.82, 2.24) is 9.97 Å². The lowest BCUT2D eigenvalue weighted by Gasteiger charge is -2.10. The number of ether oxygens (including phenoxy) is 1. The summed E-state index contributed by atoms with van der Waals surface area (Å²) in [5.41, 5.74) is 1.59. The molecule has 0 atom stereocenters. The summed E-state index contributed by atoms with van der Waals surface area (Å²) >= 11 is 0. The van der Waals surface area contributed by atoms with Crippen LogP contribution in [0.2, 0.25) is 0 Å². The highest BCUT2D eigenvalue weighted by molar-refractivity contribution is 5.46. The second kappa shape index (κ2) is 5.21. The minimum absolute atomic E-state index is 0.240. The molecule has 4 nitrogen and oxygen atoms in total. The van der Waals surface area contributed by atoms with E-state index in [-0.39, 0.29) is 5.75 Å². The van der Waals surface area contributed by atoms with Gasteiger partial charge in [-0.05, 0) is 31.2 Å². The molecule has 0 radical (unpaired) electrons. The van der Waals surface area contributed by atoms with E-state index in [0.717, 1.165) is 11.5 Å². The molecular weight excluding hydrogens is 259 g/mol. The monoisotopic (exact) mass is 271 g/mol. The molecule has 0 fully saturated rings. The van der Waals surface area contributed by atoms with Gasteiger partial charge in [0.05, 0.1) is 18.4 Å². The van der Waals surface area contributed by atoms with E-state index in [4.69, 9.17) is 0 Å². The van der Waals surface area contributed by atoms with Gasteiger partial charge in [-0.2, -0.15) is 0 Å². The lowest BCUT2D eigenvalue weighted by Crippen LogP contribution is -2.17. The number of aryl methyl sites for hydroxylation is 1. The van der Waals surface area contributed by atoms with Crippen molar-refractivity contribution in [1.29, 1.82) is 0 Å². The summed E-state index contributed by atoms with van der Waals surface area (Å²) in [6.07, 6.45) is -2.97. The summed E-state index contributed by atoms with van der Waals surface area (Å²) in [5.74, 6) is 0.571. The van der Waals surface area contributed by atoms with Crippen LogP contribution in [0.1, 0.15) is 11.5 Å². The first-order valence-corrected chi connectivity index (χ1v) is 5.52. The van der Waals surface area contributed by atoms with Crippen LogP contribution in [0.5, 0.6) is 5.75 Å². The molecule has 2 N–H and O–H groups in total. The Balaban J connectivity index is 1.91. The molecular formula is C12H12F3N3O. The van der Waals surface area contributed by atoms with Gasteiger partial charge in [-0.1, -0.05) is 0 Å². The van der Waals surface area contributed by atoms with E-state index in [1.54, 1.807) is 6.20 Å². The van der Waals surface area contributed by atoms with Crippen LogP contribution in [-0.4, -0.2) is 16.3 Å². The minimum atomic E-state index is -4.66. The molecule has 0 aliphatic heterocycles. The molecule has 19 heavy (non-hydrogen) atoms. The predicted octanol–water partition coefficient (Wildman–Crippen LogP) is 3.23. The number of halogens is 3. The molecule has 102 valence electrons. The van der Waals surface area contributed by atoms with E-state index in [1.165, 1.54) is 24.3 Å². The van der Waals surface area contributed by atoms with Gasteiger partial charge < -0.3 is 15.0 Å².